The Morgan fingerprint density at radius 1 is 1.29 bits per heavy atom. The number of hydrogen-bond donors (Lipinski definition) is 2. The van der Waals surface area contributed by atoms with Gasteiger partial charge in [-0.05, 0) is 24.3 Å². The standard InChI is InChI=1S/C17H28N2O2/c1-14(2)11-16(12-18)17(20)19-9-6-10-21-13-15-7-4-3-5-8-15/h3-5,7-8,14,16H,6,9-13,18H2,1-2H3,(H,19,20). The second-order valence-corrected chi connectivity index (χ2v) is 5.74. The summed E-state index contributed by atoms with van der Waals surface area (Å²) in [5, 5.41) is 2.94. The molecule has 21 heavy (non-hydrogen) atoms. The fourth-order valence-electron chi connectivity index (χ4n) is 2.17. The Morgan fingerprint density at radius 3 is 2.62 bits per heavy atom. The number of amides is 1. The molecule has 0 aliphatic heterocycles. The number of rotatable bonds is 10. The van der Waals surface area contributed by atoms with Crippen molar-refractivity contribution < 1.29 is 9.53 Å². The number of nitrogens with two attached hydrogens (primary N) is 1. The van der Waals surface area contributed by atoms with Gasteiger partial charge in [-0.3, -0.25) is 4.79 Å². The molecule has 1 amide bonds. The third-order valence-electron chi connectivity index (χ3n) is 3.29. The van der Waals surface area contributed by atoms with Crippen LogP contribution in [-0.2, 0) is 16.1 Å². The van der Waals surface area contributed by atoms with Crippen LogP contribution in [0, 0.1) is 11.8 Å². The van der Waals surface area contributed by atoms with Crippen LogP contribution in [0.25, 0.3) is 0 Å². The Kier molecular flexibility index (Phi) is 8.71. The van der Waals surface area contributed by atoms with Crippen molar-refractivity contribution in [2.75, 3.05) is 19.7 Å². The molecule has 4 nitrogen and oxygen atoms in total. The molecule has 1 rings (SSSR count). The van der Waals surface area contributed by atoms with E-state index >= 15 is 0 Å². The highest BCUT2D eigenvalue weighted by Gasteiger charge is 2.17. The van der Waals surface area contributed by atoms with E-state index in [2.05, 4.69) is 19.2 Å². The maximum absolute atomic E-state index is 11.9. The average molecular weight is 292 g/mol. The number of carbonyl (C=O) groups excluding carboxylic acids is 1. The first-order chi connectivity index (χ1) is 10.1. The van der Waals surface area contributed by atoms with Crippen LogP contribution < -0.4 is 11.1 Å². The van der Waals surface area contributed by atoms with Gasteiger partial charge in [0.05, 0.1) is 12.5 Å². The maximum Gasteiger partial charge on any atom is 0.224 e. The molecule has 1 aromatic carbocycles. The largest absolute Gasteiger partial charge is 0.377 e. The number of ether oxygens (including phenoxy) is 1. The van der Waals surface area contributed by atoms with Crippen LogP contribution in [0.2, 0.25) is 0 Å². The van der Waals surface area contributed by atoms with E-state index < -0.39 is 0 Å². The Morgan fingerprint density at radius 2 is 2.00 bits per heavy atom. The van der Waals surface area contributed by atoms with Crippen LogP contribution in [0.4, 0.5) is 0 Å². The molecule has 0 aliphatic carbocycles. The molecule has 0 fully saturated rings. The fraction of sp³-hybridized carbons (Fsp3) is 0.588. The Balaban J connectivity index is 2.09. The minimum absolute atomic E-state index is 0.0641. The number of nitrogens with one attached hydrogen (secondary N) is 1. The van der Waals surface area contributed by atoms with E-state index in [1.807, 2.05) is 30.3 Å². The van der Waals surface area contributed by atoms with Crippen LogP contribution in [0.15, 0.2) is 30.3 Å². The molecule has 1 aromatic rings. The predicted molar refractivity (Wildman–Crippen MR) is 85.7 cm³/mol. The summed E-state index contributed by atoms with van der Waals surface area (Å²) in [5.41, 5.74) is 6.82. The first kappa shape index (κ1) is 17.7. The van der Waals surface area contributed by atoms with Crippen molar-refractivity contribution in [1.82, 2.24) is 5.32 Å². The molecule has 0 saturated heterocycles. The number of carbonyl (C=O) groups is 1. The molecule has 0 spiro atoms. The summed E-state index contributed by atoms with van der Waals surface area (Å²) in [5.74, 6) is 0.475. The van der Waals surface area contributed by atoms with Gasteiger partial charge in [-0.25, -0.2) is 0 Å². The van der Waals surface area contributed by atoms with Gasteiger partial charge in [0.1, 0.15) is 0 Å². The maximum atomic E-state index is 11.9. The van der Waals surface area contributed by atoms with Crippen molar-refractivity contribution in [1.29, 1.82) is 0 Å². The zero-order valence-electron chi connectivity index (χ0n) is 13.2. The van der Waals surface area contributed by atoms with Crippen molar-refractivity contribution in [2.45, 2.75) is 33.3 Å². The van der Waals surface area contributed by atoms with E-state index in [-0.39, 0.29) is 11.8 Å². The van der Waals surface area contributed by atoms with Gasteiger partial charge in [0.2, 0.25) is 5.91 Å². The summed E-state index contributed by atoms with van der Waals surface area (Å²) in [7, 11) is 0. The van der Waals surface area contributed by atoms with E-state index in [0.29, 0.717) is 32.2 Å². The van der Waals surface area contributed by atoms with Gasteiger partial charge in [-0.2, -0.15) is 0 Å². The van der Waals surface area contributed by atoms with Gasteiger partial charge < -0.3 is 15.8 Å². The second-order valence-electron chi connectivity index (χ2n) is 5.74. The zero-order valence-corrected chi connectivity index (χ0v) is 13.2. The quantitative estimate of drug-likeness (QED) is 0.651. The van der Waals surface area contributed by atoms with Gasteiger partial charge in [0.15, 0.2) is 0 Å². The van der Waals surface area contributed by atoms with Crippen LogP contribution in [0.1, 0.15) is 32.3 Å². The lowest BCUT2D eigenvalue weighted by molar-refractivity contribution is -0.125. The highest BCUT2D eigenvalue weighted by molar-refractivity contribution is 5.78. The van der Waals surface area contributed by atoms with Crippen molar-refractivity contribution in [3.05, 3.63) is 35.9 Å². The first-order valence-electron chi connectivity index (χ1n) is 7.73. The summed E-state index contributed by atoms with van der Waals surface area (Å²) in [6.45, 7) is 6.53. The van der Waals surface area contributed by atoms with Crippen molar-refractivity contribution in [2.24, 2.45) is 17.6 Å². The molecule has 1 atom stereocenters. The molecule has 118 valence electrons. The molecule has 1 unspecified atom stereocenters. The Bertz CT molecular complexity index is 393. The van der Waals surface area contributed by atoms with Crippen molar-refractivity contribution in [3.8, 4) is 0 Å². The summed E-state index contributed by atoms with van der Waals surface area (Å²) >= 11 is 0. The van der Waals surface area contributed by atoms with Gasteiger partial charge >= 0.3 is 0 Å². The third-order valence-corrected chi connectivity index (χ3v) is 3.29. The van der Waals surface area contributed by atoms with E-state index in [1.165, 1.54) is 5.56 Å². The fourth-order valence-corrected chi connectivity index (χ4v) is 2.17. The second kappa shape index (κ2) is 10.4. The minimum atomic E-state index is -0.0739. The number of hydrogen-bond acceptors (Lipinski definition) is 3. The Hall–Kier alpha value is -1.39. The van der Waals surface area contributed by atoms with E-state index in [0.717, 1.165) is 12.8 Å². The van der Waals surface area contributed by atoms with Gasteiger partial charge in [0.25, 0.3) is 0 Å². The van der Waals surface area contributed by atoms with E-state index in [4.69, 9.17) is 10.5 Å². The van der Waals surface area contributed by atoms with E-state index in [9.17, 15) is 4.79 Å². The SMILES string of the molecule is CC(C)CC(CN)C(=O)NCCCOCc1ccccc1. The zero-order chi connectivity index (χ0) is 15.5. The van der Waals surface area contributed by atoms with E-state index in [1.54, 1.807) is 0 Å². The van der Waals surface area contributed by atoms with Crippen LogP contribution in [-0.4, -0.2) is 25.6 Å². The molecule has 0 bridgehead atoms. The molecule has 3 N–H and O–H groups in total. The molecule has 0 heterocycles. The Labute approximate surface area is 128 Å². The van der Waals surface area contributed by atoms with Gasteiger partial charge in [-0.1, -0.05) is 44.2 Å². The molecule has 0 radical (unpaired) electrons. The molecular formula is C17H28N2O2. The van der Waals surface area contributed by atoms with Crippen LogP contribution in [0.5, 0.6) is 0 Å². The summed E-state index contributed by atoms with van der Waals surface area (Å²) in [6.07, 6.45) is 1.66. The molecule has 0 aliphatic rings. The molecular weight excluding hydrogens is 264 g/mol. The highest BCUT2D eigenvalue weighted by atomic mass is 16.5. The smallest absolute Gasteiger partial charge is 0.224 e. The first-order valence-corrected chi connectivity index (χ1v) is 7.73. The third kappa shape index (κ3) is 7.83. The molecule has 4 heteroatoms. The van der Waals surface area contributed by atoms with Crippen molar-refractivity contribution >= 4 is 5.91 Å². The van der Waals surface area contributed by atoms with Crippen LogP contribution in [0.3, 0.4) is 0 Å². The van der Waals surface area contributed by atoms with Crippen LogP contribution >= 0.6 is 0 Å². The summed E-state index contributed by atoms with van der Waals surface area (Å²) in [6, 6.07) is 10.1. The van der Waals surface area contributed by atoms with Gasteiger partial charge in [0, 0.05) is 19.7 Å². The highest BCUT2D eigenvalue weighted by Crippen LogP contribution is 2.10. The average Bonchev–Trinajstić information content (AvgIpc) is 2.49. The summed E-state index contributed by atoms with van der Waals surface area (Å²) < 4.78 is 5.58. The number of benzene rings is 1. The lowest BCUT2D eigenvalue weighted by Crippen LogP contribution is -2.36. The summed E-state index contributed by atoms with van der Waals surface area (Å²) in [4.78, 5) is 11.9. The predicted octanol–water partition coefficient (Wildman–Crippen LogP) is 2.33. The molecule has 0 saturated carbocycles. The molecule has 0 aromatic heterocycles. The monoisotopic (exact) mass is 292 g/mol. The van der Waals surface area contributed by atoms with Gasteiger partial charge in [-0.15, -0.1) is 0 Å². The van der Waals surface area contributed by atoms with Crippen molar-refractivity contribution in [3.63, 3.8) is 0 Å². The normalized spacial score (nSPS) is 12.4. The topological polar surface area (TPSA) is 64.4 Å². The lowest BCUT2D eigenvalue weighted by atomic mass is 9.96. The minimum Gasteiger partial charge on any atom is -0.377 e. The lowest BCUT2D eigenvalue weighted by Gasteiger charge is -2.16.